The number of nitrogens with one attached hydrogen (secondary N) is 1. The Bertz CT molecular complexity index is 527. The van der Waals surface area contributed by atoms with Crippen LogP contribution in [0.1, 0.15) is 24.1 Å². The van der Waals surface area contributed by atoms with E-state index in [2.05, 4.69) is 17.2 Å². The molecule has 0 saturated heterocycles. The summed E-state index contributed by atoms with van der Waals surface area (Å²) in [7, 11) is 0. The van der Waals surface area contributed by atoms with E-state index < -0.39 is 0 Å². The van der Waals surface area contributed by atoms with E-state index in [1.54, 1.807) is 18.5 Å². The maximum absolute atomic E-state index is 10.6. The Morgan fingerprint density at radius 2 is 2.22 bits per heavy atom. The molecule has 2 heterocycles. The Morgan fingerprint density at radius 3 is 2.83 bits per heavy atom. The first kappa shape index (κ1) is 12.7. The van der Waals surface area contributed by atoms with E-state index in [0.29, 0.717) is 6.54 Å². The summed E-state index contributed by atoms with van der Waals surface area (Å²) in [6.45, 7) is 2.67. The van der Waals surface area contributed by atoms with Crippen molar-refractivity contribution >= 4 is 16.3 Å². The lowest BCUT2D eigenvalue weighted by atomic mass is 10.1. The van der Waals surface area contributed by atoms with Crippen molar-refractivity contribution in [3.8, 4) is 0 Å². The standard InChI is InChI=1S/C12H13N3O2S/c1-9(11-2-4-13-5-3-11)14-7-10-6-12(15(16)17)18-8-10/h2-6,8-9,14H,7H2,1H3/t9-/m1/s1. The maximum atomic E-state index is 10.6. The van der Waals surface area contributed by atoms with E-state index in [-0.39, 0.29) is 16.0 Å². The van der Waals surface area contributed by atoms with Gasteiger partial charge in [0.25, 0.3) is 0 Å². The van der Waals surface area contributed by atoms with E-state index >= 15 is 0 Å². The zero-order valence-corrected chi connectivity index (χ0v) is 10.7. The number of aromatic nitrogens is 1. The lowest BCUT2D eigenvalue weighted by Crippen LogP contribution is -2.17. The maximum Gasteiger partial charge on any atom is 0.324 e. The summed E-state index contributed by atoms with van der Waals surface area (Å²) in [5, 5.41) is 15.9. The largest absolute Gasteiger partial charge is 0.324 e. The molecule has 0 radical (unpaired) electrons. The van der Waals surface area contributed by atoms with Crippen LogP contribution < -0.4 is 5.32 Å². The second kappa shape index (κ2) is 5.70. The molecule has 0 unspecified atom stereocenters. The monoisotopic (exact) mass is 263 g/mol. The Hall–Kier alpha value is -1.79. The lowest BCUT2D eigenvalue weighted by molar-refractivity contribution is -0.380. The molecule has 2 rings (SSSR count). The van der Waals surface area contributed by atoms with Crippen LogP contribution >= 0.6 is 11.3 Å². The van der Waals surface area contributed by atoms with E-state index in [9.17, 15) is 10.1 Å². The molecule has 18 heavy (non-hydrogen) atoms. The Balaban J connectivity index is 1.93. The summed E-state index contributed by atoms with van der Waals surface area (Å²) in [6.07, 6.45) is 3.51. The molecule has 5 nitrogen and oxygen atoms in total. The normalized spacial score (nSPS) is 12.3. The van der Waals surface area contributed by atoms with Crippen LogP contribution in [-0.4, -0.2) is 9.91 Å². The number of hydrogen-bond acceptors (Lipinski definition) is 5. The SMILES string of the molecule is C[C@@H](NCc1csc([N+](=O)[O-])c1)c1ccncc1. The van der Waals surface area contributed by atoms with Crippen LogP contribution in [0.15, 0.2) is 36.0 Å². The van der Waals surface area contributed by atoms with Gasteiger partial charge in [-0.1, -0.05) is 11.3 Å². The summed E-state index contributed by atoms with van der Waals surface area (Å²) < 4.78 is 0. The first-order chi connectivity index (χ1) is 8.66. The molecular weight excluding hydrogens is 250 g/mol. The van der Waals surface area contributed by atoms with Crippen molar-refractivity contribution in [1.29, 1.82) is 0 Å². The summed E-state index contributed by atoms with van der Waals surface area (Å²) in [6, 6.07) is 5.70. The van der Waals surface area contributed by atoms with E-state index in [0.717, 1.165) is 22.5 Å². The molecule has 0 aliphatic rings. The lowest BCUT2D eigenvalue weighted by Gasteiger charge is -2.12. The quantitative estimate of drug-likeness (QED) is 0.665. The molecular formula is C12H13N3O2S. The molecule has 0 fully saturated rings. The van der Waals surface area contributed by atoms with Gasteiger partial charge in [0.1, 0.15) is 0 Å². The van der Waals surface area contributed by atoms with Crippen LogP contribution in [0, 0.1) is 10.1 Å². The highest BCUT2D eigenvalue weighted by atomic mass is 32.1. The molecule has 1 atom stereocenters. The van der Waals surface area contributed by atoms with Gasteiger partial charge in [-0.15, -0.1) is 0 Å². The number of nitrogens with zero attached hydrogens (tertiary/aromatic N) is 2. The predicted molar refractivity (Wildman–Crippen MR) is 70.5 cm³/mol. The molecule has 0 aromatic carbocycles. The number of nitro groups is 1. The number of pyridine rings is 1. The van der Waals surface area contributed by atoms with Crippen LogP contribution in [0.5, 0.6) is 0 Å². The van der Waals surface area contributed by atoms with Gasteiger partial charge in [-0.05, 0) is 30.2 Å². The van der Waals surface area contributed by atoms with Crippen molar-refractivity contribution in [1.82, 2.24) is 10.3 Å². The molecule has 2 aromatic rings. The zero-order chi connectivity index (χ0) is 13.0. The minimum Gasteiger partial charge on any atom is -0.306 e. The van der Waals surface area contributed by atoms with Crippen molar-refractivity contribution in [2.75, 3.05) is 0 Å². The number of thiophene rings is 1. The second-order valence-corrected chi connectivity index (χ2v) is 4.82. The summed E-state index contributed by atoms with van der Waals surface area (Å²) in [4.78, 5) is 14.2. The van der Waals surface area contributed by atoms with Gasteiger partial charge in [-0.25, -0.2) is 0 Å². The van der Waals surface area contributed by atoms with Gasteiger partial charge < -0.3 is 5.32 Å². The first-order valence-corrected chi connectivity index (χ1v) is 6.40. The van der Waals surface area contributed by atoms with E-state index in [4.69, 9.17) is 0 Å². The third-order valence-corrected chi connectivity index (χ3v) is 3.57. The number of hydrogen-bond donors (Lipinski definition) is 1. The van der Waals surface area contributed by atoms with Crippen LogP contribution in [0.25, 0.3) is 0 Å². The second-order valence-electron chi connectivity index (χ2n) is 3.93. The fraction of sp³-hybridized carbons (Fsp3) is 0.250. The minimum atomic E-state index is -0.361. The molecule has 6 heteroatoms. The summed E-state index contributed by atoms with van der Waals surface area (Å²) >= 11 is 1.16. The van der Waals surface area contributed by atoms with Crippen molar-refractivity contribution in [2.45, 2.75) is 19.5 Å². The summed E-state index contributed by atoms with van der Waals surface area (Å²) in [5.41, 5.74) is 2.09. The Kier molecular flexibility index (Phi) is 4.01. The van der Waals surface area contributed by atoms with Crippen molar-refractivity contribution < 1.29 is 4.92 Å². The molecule has 1 N–H and O–H groups in total. The first-order valence-electron chi connectivity index (χ1n) is 5.52. The number of rotatable bonds is 5. The topological polar surface area (TPSA) is 68.1 Å². The minimum absolute atomic E-state index is 0.184. The van der Waals surface area contributed by atoms with Gasteiger partial charge in [0.15, 0.2) is 0 Å². The van der Waals surface area contributed by atoms with Gasteiger partial charge in [-0.2, -0.15) is 0 Å². The average molecular weight is 263 g/mol. The summed E-state index contributed by atoms with van der Waals surface area (Å²) in [5.74, 6) is 0. The predicted octanol–water partition coefficient (Wildman–Crippen LogP) is 2.90. The van der Waals surface area contributed by atoms with Crippen molar-refractivity contribution in [2.24, 2.45) is 0 Å². The fourth-order valence-corrected chi connectivity index (χ4v) is 2.32. The molecule has 0 amide bonds. The molecule has 94 valence electrons. The highest BCUT2D eigenvalue weighted by molar-refractivity contribution is 7.13. The molecule has 0 spiro atoms. The third-order valence-electron chi connectivity index (χ3n) is 2.64. The smallest absolute Gasteiger partial charge is 0.306 e. The van der Waals surface area contributed by atoms with E-state index in [1.165, 1.54) is 0 Å². The highest BCUT2D eigenvalue weighted by Crippen LogP contribution is 2.23. The molecule has 0 saturated carbocycles. The molecule has 2 aromatic heterocycles. The van der Waals surface area contributed by atoms with E-state index in [1.807, 2.05) is 17.5 Å². The van der Waals surface area contributed by atoms with Gasteiger partial charge >= 0.3 is 5.00 Å². The fourth-order valence-electron chi connectivity index (χ4n) is 1.59. The van der Waals surface area contributed by atoms with Crippen molar-refractivity contribution in [3.05, 3.63) is 57.2 Å². The molecule has 0 aliphatic carbocycles. The third kappa shape index (κ3) is 3.12. The van der Waals surface area contributed by atoms with Gasteiger partial charge in [0, 0.05) is 36.4 Å². The van der Waals surface area contributed by atoms with Gasteiger partial charge in [0.2, 0.25) is 0 Å². The Morgan fingerprint density at radius 1 is 1.50 bits per heavy atom. The molecule has 0 aliphatic heterocycles. The zero-order valence-electron chi connectivity index (χ0n) is 9.87. The van der Waals surface area contributed by atoms with Gasteiger partial charge in [-0.3, -0.25) is 15.1 Å². The van der Waals surface area contributed by atoms with Crippen molar-refractivity contribution in [3.63, 3.8) is 0 Å². The Labute approximate surface area is 109 Å². The average Bonchev–Trinajstić information content (AvgIpc) is 2.86. The van der Waals surface area contributed by atoms with Crippen LogP contribution in [0.2, 0.25) is 0 Å². The van der Waals surface area contributed by atoms with Crippen LogP contribution in [0.3, 0.4) is 0 Å². The van der Waals surface area contributed by atoms with Gasteiger partial charge in [0.05, 0.1) is 4.92 Å². The van der Waals surface area contributed by atoms with Crippen LogP contribution in [0.4, 0.5) is 5.00 Å². The van der Waals surface area contributed by atoms with Crippen LogP contribution in [-0.2, 0) is 6.54 Å². The molecule has 0 bridgehead atoms. The highest BCUT2D eigenvalue weighted by Gasteiger charge is 2.10.